The molecule has 0 radical (unpaired) electrons. The average molecular weight is 581 g/mol. The van der Waals surface area contributed by atoms with Crippen LogP contribution in [0.3, 0.4) is 0 Å². The molecule has 3 aromatic heterocycles. The Balaban J connectivity index is 0.000000277. The molecule has 5 atom stereocenters. The number of hydrogen-bond donors (Lipinski definition) is 8. The van der Waals surface area contributed by atoms with Gasteiger partial charge in [-0.05, 0) is 24.5 Å². The maximum absolute atomic E-state index is 10.7. The first-order chi connectivity index (χ1) is 17.9. The zero-order valence-corrected chi connectivity index (χ0v) is 21.6. The number of nitrogens with two attached hydrogens (primary N) is 2. The Labute approximate surface area is 219 Å². The molecule has 212 valence electrons. The molecule has 0 unspecified atom stereocenters. The maximum atomic E-state index is 10.7. The highest BCUT2D eigenvalue weighted by atomic mass is 32.2. The maximum Gasteiger partial charge on any atom is 0.469 e. The minimum atomic E-state index is -4.72. The summed E-state index contributed by atoms with van der Waals surface area (Å²) in [6, 6.07) is 2.41. The van der Waals surface area contributed by atoms with E-state index in [1.54, 1.807) is 17.8 Å². The van der Waals surface area contributed by atoms with Crippen molar-refractivity contribution in [3.05, 3.63) is 31.1 Å². The van der Waals surface area contributed by atoms with Crippen LogP contribution in [0.5, 0.6) is 5.95 Å². The fourth-order valence-electron chi connectivity index (χ4n) is 2.96. The van der Waals surface area contributed by atoms with Crippen LogP contribution in [0.15, 0.2) is 35.5 Å². The van der Waals surface area contributed by atoms with Crippen LogP contribution < -0.4 is 11.5 Å². The number of aromatic nitrogens is 4. The molecule has 0 aliphatic carbocycles. The standard InChI is InChI=1S/C10H14N5O7P.C5H11NO2S.C4H4O2/c11-8-5-9(13-2-12-8)15(3-14-5)10-7(17)6(16)4(22-10)1-21-23(18,19)20;1-9-3-2-4(6)5(7)8;5-4-2-1-3-6-4/h2-4,6-7,10,16-17H,1H2,(H2,11,12,13)(H2,18,19,20);4H,2-3,6H2,1H3,(H,7,8);1-3,5H/t4-,6-,7-,10-;4-;/m10./s1. The van der Waals surface area contributed by atoms with Crippen LogP contribution in [0.25, 0.3) is 11.2 Å². The van der Waals surface area contributed by atoms with Crippen molar-refractivity contribution in [2.75, 3.05) is 24.3 Å². The number of carbonyl (C=O) groups is 1. The molecule has 1 saturated heterocycles. The van der Waals surface area contributed by atoms with E-state index in [0.29, 0.717) is 11.9 Å². The Morgan fingerprint density at radius 1 is 1.29 bits per heavy atom. The Kier molecular flexibility index (Phi) is 11.9. The number of aromatic hydroxyl groups is 1. The van der Waals surface area contributed by atoms with E-state index in [2.05, 4.69) is 23.9 Å². The van der Waals surface area contributed by atoms with E-state index in [4.69, 9.17) is 36.2 Å². The number of furan rings is 1. The summed E-state index contributed by atoms with van der Waals surface area (Å²) >= 11 is 1.60. The summed E-state index contributed by atoms with van der Waals surface area (Å²) in [5.41, 5.74) is 11.4. The van der Waals surface area contributed by atoms with E-state index in [1.165, 1.54) is 29.6 Å². The molecular weight excluding hydrogens is 551 g/mol. The highest BCUT2D eigenvalue weighted by molar-refractivity contribution is 7.98. The SMILES string of the molecule is CSCC[C@H](N)C(=O)O.Nc1ncnc2c1ncn2[C@@H]1O[C@H](COP(=O)(O)O)[C@@H](O)[C@H]1O.Oc1ccco1. The van der Waals surface area contributed by atoms with Crippen LogP contribution >= 0.6 is 19.6 Å². The van der Waals surface area contributed by atoms with Crippen molar-refractivity contribution in [2.24, 2.45) is 5.73 Å². The second-order valence-electron chi connectivity index (χ2n) is 7.59. The van der Waals surface area contributed by atoms with Gasteiger partial charge in [0.05, 0.1) is 19.2 Å². The number of thioether (sulfide) groups is 1. The quantitative estimate of drug-likeness (QED) is 0.152. The van der Waals surface area contributed by atoms with Gasteiger partial charge in [0.1, 0.15) is 36.2 Å². The number of nitrogen functional groups attached to an aromatic ring is 1. The number of phosphoric ester groups is 1. The third-order valence-corrected chi connectivity index (χ3v) is 5.99. The monoisotopic (exact) mass is 580 g/mol. The van der Waals surface area contributed by atoms with E-state index >= 15 is 0 Å². The molecule has 4 rings (SSSR count). The summed E-state index contributed by atoms with van der Waals surface area (Å²) in [5.74, 6) is 0.00946. The number of rotatable bonds is 8. The van der Waals surface area contributed by atoms with Crippen LogP contribution in [0.4, 0.5) is 5.82 Å². The molecule has 0 aromatic carbocycles. The van der Waals surface area contributed by atoms with Gasteiger partial charge in [0.15, 0.2) is 17.7 Å². The summed E-state index contributed by atoms with van der Waals surface area (Å²) in [4.78, 5) is 39.3. The Hall–Kier alpha value is -2.80. The molecule has 0 spiro atoms. The minimum absolute atomic E-state index is 0.0324. The number of ether oxygens (including phenoxy) is 1. The number of anilines is 1. The first-order valence-corrected chi connectivity index (χ1v) is 13.6. The molecule has 4 heterocycles. The summed E-state index contributed by atoms with van der Waals surface area (Å²) in [7, 11) is -4.72. The lowest BCUT2D eigenvalue weighted by Gasteiger charge is -2.16. The molecule has 1 fully saturated rings. The van der Waals surface area contributed by atoms with Crippen molar-refractivity contribution in [1.29, 1.82) is 0 Å². The topological polar surface area (TPSA) is 283 Å². The molecule has 0 amide bonds. The smallest absolute Gasteiger partial charge is 0.469 e. The predicted octanol–water partition coefficient (Wildman–Crippen LogP) is -0.726. The molecule has 10 N–H and O–H groups in total. The Bertz CT molecular complexity index is 1190. The van der Waals surface area contributed by atoms with Crippen LogP contribution in [0.1, 0.15) is 12.6 Å². The number of nitrogens with zero attached hydrogens (tertiary/aromatic N) is 4. The molecule has 1 aliphatic heterocycles. The van der Waals surface area contributed by atoms with E-state index in [-0.39, 0.29) is 17.4 Å². The number of aliphatic hydroxyl groups excluding tert-OH is 2. The zero-order valence-electron chi connectivity index (χ0n) is 19.9. The van der Waals surface area contributed by atoms with Gasteiger partial charge in [-0.15, -0.1) is 0 Å². The predicted molar refractivity (Wildman–Crippen MR) is 133 cm³/mol. The third kappa shape index (κ3) is 9.19. The van der Waals surface area contributed by atoms with E-state index < -0.39 is 51.0 Å². The van der Waals surface area contributed by atoms with Crippen molar-refractivity contribution >= 4 is 42.5 Å². The number of carboxylic acids is 1. The third-order valence-electron chi connectivity index (χ3n) is 4.86. The van der Waals surface area contributed by atoms with Gasteiger partial charge in [0.25, 0.3) is 5.95 Å². The second kappa shape index (κ2) is 14.4. The lowest BCUT2D eigenvalue weighted by Crippen LogP contribution is -2.33. The number of phosphoric acid groups is 1. The number of imidazole rings is 1. The molecule has 3 aromatic rings. The summed E-state index contributed by atoms with van der Waals surface area (Å²) in [6.45, 7) is -0.594. The van der Waals surface area contributed by atoms with Gasteiger partial charge in [0, 0.05) is 6.07 Å². The van der Waals surface area contributed by atoms with Gasteiger partial charge in [0.2, 0.25) is 0 Å². The van der Waals surface area contributed by atoms with Crippen molar-refractivity contribution in [2.45, 2.75) is 37.0 Å². The molecule has 17 nitrogen and oxygen atoms in total. The van der Waals surface area contributed by atoms with Gasteiger partial charge in [-0.3, -0.25) is 13.9 Å². The van der Waals surface area contributed by atoms with E-state index in [1.807, 2.05) is 6.26 Å². The average Bonchev–Trinajstić information content (AvgIpc) is 3.57. The largest absolute Gasteiger partial charge is 0.481 e. The Morgan fingerprint density at radius 2 is 2.00 bits per heavy atom. The number of fused-ring (bicyclic) bond motifs is 1. The Morgan fingerprint density at radius 3 is 2.53 bits per heavy atom. The molecule has 1 aliphatic rings. The zero-order chi connectivity index (χ0) is 28.5. The number of aliphatic hydroxyl groups is 2. The molecule has 0 bridgehead atoms. The second-order valence-corrected chi connectivity index (χ2v) is 9.82. The van der Waals surface area contributed by atoms with Gasteiger partial charge in [-0.1, -0.05) is 0 Å². The van der Waals surface area contributed by atoms with Crippen LogP contribution in [-0.2, 0) is 18.6 Å². The van der Waals surface area contributed by atoms with Crippen LogP contribution in [0.2, 0.25) is 0 Å². The fourth-order valence-corrected chi connectivity index (χ4v) is 3.79. The van der Waals surface area contributed by atoms with Gasteiger partial charge in [-0.2, -0.15) is 11.8 Å². The molecule has 38 heavy (non-hydrogen) atoms. The molecule has 19 heteroatoms. The summed E-state index contributed by atoms with van der Waals surface area (Å²) in [6.07, 6.45) is 1.40. The van der Waals surface area contributed by atoms with Crippen LogP contribution in [0, 0.1) is 0 Å². The van der Waals surface area contributed by atoms with E-state index in [0.717, 1.165) is 5.75 Å². The lowest BCUT2D eigenvalue weighted by atomic mass is 10.1. The van der Waals surface area contributed by atoms with Gasteiger partial charge in [-0.25, -0.2) is 19.5 Å². The highest BCUT2D eigenvalue weighted by Crippen LogP contribution is 2.38. The van der Waals surface area contributed by atoms with Gasteiger partial charge >= 0.3 is 13.8 Å². The van der Waals surface area contributed by atoms with Crippen LogP contribution in [-0.4, -0.2) is 98.7 Å². The number of carboxylic acid groups (broad SMARTS) is 1. The first kappa shape index (κ1) is 31.4. The minimum Gasteiger partial charge on any atom is -0.481 e. The highest BCUT2D eigenvalue weighted by Gasteiger charge is 2.45. The van der Waals surface area contributed by atoms with Crippen molar-refractivity contribution in [3.8, 4) is 5.95 Å². The molecule has 0 saturated carbocycles. The first-order valence-electron chi connectivity index (χ1n) is 10.7. The van der Waals surface area contributed by atoms with Crippen molar-refractivity contribution in [1.82, 2.24) is 19.5 Å². The lowest BCUT2D eigenvalue weighted by molar-refractivity contribution is -0.138. The number of aliphatic carboxylic acids is 1. The van der Waals surface area contributed by atoms with Crippen molar-refractivity contribution < 1.29 is 53.3 Å². The van der Waals surface area contributed by atoms with E-state index in [9.17, 15) is 19.6 Å². The normalized spacial score (nSPS) is 21.7. The van der Waals surface area contributed by atoms with Gasteiger partial charge < -0.3 is 50.8 Å². The summed E-state index contributed by atoms with van der Waals surface area (Å²) < 4.78 is 26.2. The summed E-state index contributed by atoms with van der Waals surface area (Å²) in [5, 5.41) is 36.6. The van der Waals surface area contributed by atoms with Crippen molar-refractivity contribution in [3.63, 3.8) is 0 Å². The molecular formula is C19H29N6O11PS. The fraction of sp³-hybridized carbons (Fsp3) is 0.474. The number of hydrogen-bond acceptors (Lipinski definition) is 14.